The number of carbonyl (C=O) groups is 2. The maximum atomic E-state index is 13.1. The minimum atomic E-state index is -0.381. The fraction of sp³-hybridized carbons (Fsp3) is 0.259. The number of ether oxygens (including phenoxy) is 1. The molecule has 5 rings (SSSR count). The molecule has 1 aliphatic carbocycles. The average molecular weight is 489 g/mol. The summed E-state index contributed by atoms with van der Waals surface area (Å²) in [6.07, 6.45) is 8.02. The molecular formula is C27H25ClN4O3. The van der Waals surface area contributed by atoms with Crippen LogP contribution in [0.2, 0.25) is 0 Å². The molecule has 0 aromatic heterocycles. The Balaban J connectivity index is 1.46. The van der Waals surface area contributed by atoms with E-state index in [1.165, 1.54) is 0 Å². The lowest BCUT2D eigenvalue weighted by molar-refractivity contribution is -0.120. The number of alkyl halides is 1. The molecule has 2 amide bonds. The predicted molar refractivity (Wildman–Crippen MR) is 136 cm³/mol. The molecule has 1 fully saturated rings. The summed E-state index contributed by atoms with van der Waals surface area (Å²) in [6, 6.07) is 13.3. The lowest BCUT2D eigenvalue weighted by Gasteiger charge is -2.31. The molecule has 8 heteroatoms. The van der Waals surface area contributed by atoms with Gasteiger partial charge in [0.2, 0.25) is 0 Å². The van der Waals surface area contributed by atoms with Gasteiger partial charge in [-0.15, -0.1) is 16.7 Å². The maximum absolute atomic E-state index is 13.1. The van der Waals surface area contributed by atoms with Gasteiger partial charge in [-0.05, 0) is 41.0 Å². The number of amides is 2. The molecule has 0 saturated carbocycles. The van der Waals surface area contributed by atoms with Crippen molar-refractivity contribution >= 4 is 34.8 Å². The van der Waals surface area contributed by atoms with E-state index in [2.05, 4.69) is 20.4 Å². The van der Waals surface area contributed by atoms with Crippen LogP contribution in [0.4, 0.5) is 11.4 Å². The number of halogens is 1. The average Bonchev–Trinajstić information content (AvgIpc) is 2.91. The molecule has 35 heavy (non-hydrogen) atoms. The number of rotatable bonds is 6. The Morgan fingerprint density at radius 2 is 1.94 bits per heavy atom. The standard InChI is InChI=1S/C27H25ClN4O3/c28-17-19-4-3-5-20(14-19)26(33)29-24-16-18(8-9-25(24)32-10-12-35-13-11-32)15-23-21-6-1-2-7-22(21)27(34)31-30-23/h1-9,14,16,22H,10-13,15,17H2,(H,29,33). The van der Waals surface area contributed by atoms with Crippen LogP contribution in [0.25, 0.3) is 0 Å². The predicted octanol–water partition coefficient (Wildman–Crippen LogP) is 5.05. The van der Waals surface area contributed by atoms with Crippen LogP contribution in [-0.2, 0) is 21.8 Å². The summed E-state index contributed by atoms with van der Waals surface area (Å²) >= 11 is 5.96. The van der Waals surface area contributed by atoms with Gasteiger partial charge in [-0.25, -0.2) is 0 Å². The van der Waals surface area contributed by atoms with Crippen LogP contribution < -0.4 is 10.2 Å². The second-order valence-electron chi connectivity index (χ2n) is 8.58. The van der Waals surface area contributed by atoms with Gasteiger partial charge in [0.05, 0.1) is 36.2 Å². The van der Waals surface area contributed by atoms with Crippen molar-refractivity contribution < 1.29 is 14.3 Å². The van der Waals surface area contributed by atoms with Crippen molar-refractivity contribution in [1.82, 2.24) is 0 Å². The fourth-order valence-corrected chi connectivity index (χ4v) is 4.62. The van der Waals surface area contributed by atoms with Crippen LogP contribution in [0.15, 0.2) is 88.3 Å². The van der Waals surface area contributed by atoms with E-state index in [9.17, 15) is 9.59 Å². The number of hydrogen-bond donors (Lipinski definition) is 1. The van der Waals surface area contributed by atoms with Crippen LogP contribution in [0, 0.1) is 5.92 Å². The van der Waals surface area contributed by atoms with Crippen LogP contribution >= 0.6 is 11.6 Å². The molecule has 1 saturated heterocycles. The molecule has 0 spiro atoms. The van der Waals surface area contributed by atoms with Crippen molar-refractivity contribution in [2.45, 2.75) is 12.3 Å². The van der Waals surface area contributed by atoms with Gasteiger partial charge < -0.3 is 15.0 Å². The molecular weight excluding hydrogens is 464 g/mol. The molecule has 0 radical (unpaired) electrons. The SMILES string of the molecule is O=C(Nc1cc(CC2=C3C=CC=CC3C(=O)N=N2)ccc1N1CCOCC1)c1cccc(CCl)c1. The first-order valence-electron chi connectivity index (χ1n) is 11.6. The topological polar surface area (TPSA) is 83.4 Å². The number of anilines is 2. The van der Waals surface area contributed by atoms with E-state index in [0.29, 0.717) is 31.1 Å². The second kappa shape index (κ2) is 10.4. The lowest BCUT2D eigenvalue weighted by atomic mass is 9.89. The Kier molecular flexibility index (Phi) is 6.88. The molecule has 1 unspecified atom stereocenters. The molecule has 2 aliphatic heterocycles. The number of allylic oxidation sites excluding steroid dienone is 4. The number of hydrogen-bond acceptors (Lipinski definition) is 5. The molecule has 0 bridgehead atoms. The first-order valence-corrected chi connectivity index (χ1v) is 12.1. The zero-order valence-electron chi connectivity index (χ0n) is 19.1. The minimum Gasteiger partial charge on any atom is -0.378 e. The Bertz CT molecular complexity index is 1270. The zero-order chi connectivity index (χ0) is 24.2. The fourth-order valence-electron chi connectivity index (χ4n) is 4.46. The van der Waals surface area contributed by atoms with E-state index in [4.69, 9.17) is 16.3 Å². The van der Waals surface area contributed by atoms with Gasteiger partial charge >= 0.3 is 0 Å². The van der Waals surface area contributed by atoms with Crippen LogP contribution in [0.1, 0.15) is 21.5 Å². The van der Waals surface area contributed by atoms with Gasteiger partial charge in [-0.3, -0.25) is 9.59 Å². The van der Waals surface area contributed by atoms with Gasteiger partial charge in [0.1, 0.15) is 0 Å². The maximum Gasteiger partial charge on any atom is 0.275 e. The summed E-state index contributed by atoms with van der Waals surface area (Å²) < 4.78 is 5.51. The molecule has 2 aromatic carbocycles. The van der Waals surface area contributed by atoms with Gasteiger partial charge in [-0.1, -0.05) is 42.5 Å². The highest BCUT2D eigenvalue weighted by molar-refractivity contribution is 6.17. The zero-order valence-corrected chi connectivity index (χ0v) is 19.9. The Labute approximate surface area is 208 Å². The third-order valence-corrected chi connectivity index (χ3v) is 6.58. The molecule has 7 nitrogen and oxygen atoms in total. The number of morpholine rings is 1. The van der Waals surface area contributed by atoms with Crippen molar-refractivity contribution in [3.05, 3.63) is 94.7 Å². The van der Waals surface area contributed by atoms with Crippen molar-refractivity contribution in [2.24, 2.45) is 16.1 Å². The smallest absolute Gasteiger partial charge is 0.275 e. The number of fused-ring (bicyclic) bond motifs is 1. The Morgan fingerprint density at radius 3 is 2.77 bits per heavy atom. The molecule has 178 valence electrons. The van der Waals surface area contributed by atoms with E-state index in [1.54, 1.807) is 12.1 Å². The van der Waals surface area contributed by atoms with E-state index in [-0.39, 0.29) is 17.7 Å². The van der Waals surface area contributed by atoms with Gasteiger partial charge in [0, 0.05) is 31.0 Å². The summed E-state index contributed by atoms with van der Waals surface area (Å²) in [4.78, 5) is 27.5. The van der Waals surface area contributed by atoms with Crippen molar-refractivity contribution in [3.63, 3.8) is 0 Å². The van der Waals surface area contributed by atoms with Crippen molar-refractivity contribution in [3.8, 4) is 0 Å². The summed E-state index contributed by atoms with van der Waals surface area (Å²) in [7, 11) is 0. The summed E-state index contributed by atoms with van der Waals surface area (Å²) in [5.74, 6) is -0.490. The number of nitrogens with zero attached hydrogens (tertiary/aromatic N) is 3. The minimum absolute atomic E-state index is 0.200. The second-order valence-corrected chi connectivity index (χ2v) is 8.85. The van der Waals surface area contributed by atoms with E-state index < -0.39 is 0 Å². The van der Waals surface area contributed by atoms with Crippen molar-refractivity contribution in [1.29, 1.82) is 0 Å². The third kappa shape index (κ3) is 5.11. The first-order chi connectivity index (χ1) is 17.1. The molecule has 3 aliphatic rings. The van der Waals surface area contributed by atoms with Crippen LogP contribution in [0.3, 0.4) is 0 Å². The molecule has 1 atom stereocenters. The van der Waals surface area contributed by atoms with Gasteiger partial charge in [0.25, 0.3) is 11.8 Å². The summed E-state index contributed by atoms with van der Waals surface area (Å²) in [5, 5.41) is 11.2. The number of nitrogens with one attached hydrogen (secondary N) is 1. The number of azo groups is 1. The number of carbonyl (C=O) groups excluding carboxylic acids is 2. The quantitative estimate of drug-likeness (QED) is 0.577. The highest BCUT2D eigenvalue weighted by Crippen LogP contribution is 2.33. The molecule has 2 heterocycles. The van der Waals surface area contributed by atoms with Crippen molar-refractivity contribution in [2.75, 3.05) is 36.5 Å². The molecule has 2 aromatic rings. The monoisotopic (exact) mass is 488 g/mol. The van der Waals surface area contributed by atoms with Gasteiger partial charge in [-0.2, -0.15) is 5.11 Å². The normalized spacial score (nSPS) is 19.2. The molecule has 1 N–H and O–H groups in total. The van der Waals surface area contributed by atoms with Crippen LogP contribution in [0.5, 0.6) is 0 Å². The highest BCUT2D eigenvalue weighted by atomic mass is 35.5. The lowest BCUT2D eigenvalue weighted by Crippen LogP contribution is -2.36. The Hall–Kier alpha value is -3.55. The summed E-state index contributed by atoms with van der Waals surface area (Å²) in [6.45, 7) is 2.76. The van der Waals surface area contributed by atoms with E-state index in [0.717, 1.165) is 46.9 Å². The third-order valence-electron chi connectivity index (χ3n) is 6.27. The summed E-state index contributed by atoms with van der Waals surface area (Å²) in [5.41, 5.74) is 5.68. The van der Waals surface area contributed by atoms with Crippen LogP contribution in [-0.4, -0.2) is 38.1 Å². The number of benzene rings is 2. The van der Waals surface area contributed by atoms with Gasteiger partial charge in [0.15, 0.2) is 0 Å². The highest BCUT2D eigenvalue weighted by Gasteiger charge is 2.27. The van der Waals surface area contributed by atoms with E-state index in [1.807, 2.05) is 54.6 Å². The largest absolute Gasteiger partial charge is 0.378 e. The Morgan fingerprint density at radius 1 is 1.09 bits per heavy atom. The first kappa shape index (κ1) is 23.2. The van der Waals surface area contributed by atoms with E-state index >= 15 is 0 Å².